The van der Waals surface area contributed by atoms with Crippen molar-refractivity contribution in [3.05, 3.63) is 28.8 Å². The van der Waals surface area contributed by atoms with Crippen LogP contribution in [0.5, 0.6) is 0 Å². The molecule has 1 aliphatic rings. The van der Waals surface area contributed by atoms with Gasteiger partial charge in [-0.2, -0.15) is 11.8 Å². The maximum absolute atomic E-state index is 10.8. The Balaban J connectivity index is 1.98. The summed E-state index contributed by atoms with van der Waals surface area (Å²) in [6.07, 6.45) is 3.53. The van der Waals surface area contributed by atoms with Crippen molar-refractivity contribution >= 4 is 35.0 Å². The van der Waals surface area contributed by atoms with E-state index < -0.39 is 5.97 Å². The van der Waals surface area contributed by atoms with Crippen molar-refractivity contribution in [3.8, 4) is 0 Å². The number of thioether (sulfide) groups is 1. The van der Waals surface area contributed by atoms with Crippen LogP contribution in [0.15, 0.2) is 18.2 Å². The minimum absolute atomic E-state index is 0.224. The Hall–Kier alpha value is -0.870. The molecule has 2 rings (SSSR count). The number of aromatic carboxylic acids is 1. The van der Waals surface area contributed by atoms with Crippen molar-refractivity contribution < 1.29 is 9.90 Å². The van der Waals surface area contributed by atoms with Gasteiger partial charge in [-0.1, -0.05) is 18.5 Å². The molecule has 2 N–H and O–H groups in total. The second-order valence-electron chi connectivity index (χ2n) is 4.73. The molecule has 104 valence electrons. The quantitative estimate of drug-likeness (QED) is 0.858. The summed E-state index contributed by atoms with van der Waals surface area (Å²) in [4.78, 5) is 10.8. The zero-order valence-electron chi connectivity index (χ0n) is 10.9. The number of benzene rings is 1. The fraction of sp³-hybridized carbons (Fsp3) is 0.500. The third kappa shape index (κ3) is 3.80. The zero-order chi connectivity index (χ0) is 13.8. The van der Waals surface area contributed by atoms with Crippen molar-refractivity contribution in [1.29, 1.82) is 0 Å². The molecule has 3 nitrogen and oxygen atoms in total. The highest BCUT2D eigenvalue weighted by Gasteiger charge is 2.24. The lowest BCUT2D eigenvalue weighted by Gasteiger charge is -2.16. The summed E-state index contributed by atoms with van der Waals surface area (Å²) < 4.78 is 0. The molecule has 0 radical (unpaired) electrons. The van der Waals surface area contributed by atoms with E-state index in [1.165, 1.54) is 12.5 Å². The minimum Gasteiger partial charge on any atom is -0.478 e. The Kier molecular flexibility index (Phi) is 4.99. The molecule has 0 spiro atoms. The van der Waals surface area contributed by atoms with Gasteiger partial charge in [0.05, 0.1) is 16.3 Å². The molecule has 1 saturated carbocycles. The lowest BCUT2D eigenvalue weighted by molar-refractivity contribution is 0.0697. The predicted octanol–water partition coefficient (Wildman–Crippen LogP) is 4.12. The van der Waals surface area contributed by atoms with Crippen LogP contribution in [0.2, 0.25) is 5.02 Å². The van der Waals surface area contributed by atoms with Crippen LogP contribution in [-0.4, -0.2) is 28.1 Å². The molecule has 1 aromatic carbocycles. The van der Waals surface area contributed by atoms with Gasteiger partial charge in [0.25, 0.3) is 0 Å². The van der Waals surface area contributed by atoms with Gasteiger partial charge in [0.2, 0.25) is 0 Å². The molecule has 0 aromatic heterocycles. The average molecular weight is 300 g/mol. The van der Waals surface area contributed by atoms with E-state index in [9.17, 15) is 4.79 Å². The maximum atomic E-state index is 10.8. The summed E-state index contributed by atoms with van der Waals surface area (Å²) in [6, 6.07) is 5.28. The molecule has 0 saturated heterocycles. The molecule has 0 heterocycles. The zero-order valence-corrected chi connectivity index (χ0v) is 12.4. The normalized spacial score (nSPS) is 22.4. The Morgan fingerprint density at radius 3 is 2.95 bits per heavy atom. The third-order valence-electron chi connectivity index (χ3n) is 3.36. The predicted molar refractivity (Wildman–Crippen MR) is 81.6 cm³/mol. The Bertz CT molecular complexity index is 467. The topological polar surface area (TPSA) is 49.3 Å². The highest BCUT2D eigenvalue weighted by molar-refractivity contribution is 7.99. The number of nitrogens with one attached hydrogen (secondary N) is 1. The lowest BCUT2D eigenvalue weighted by Crippen LogP contribution is -2.16. The molecule has 1 aromatic rings. The van der Waals surface area contributed by atoms with Crippen LogP contribution in [-0.2, 0) is 0 Å². The molecule has 1 aliphatic carbocycles. The van der Waals surface area contributed by atoms with Crippen LogP contribution < -0.4 is 5.32 Å². The van der Waals surface area contributed by atoms with E-state index >= 15 is 0 Å². The molecular formula is C14H18ClNO2S. The molecule has 0 bridgehead atoms. The van der Waals surface area contributed by atoms with Crippen molar-refractivity contribution in [3.63, 3.8) is 0 Å². The summed E-state index contributed by atoms with van der Waals surface area (Å²) in [5, 5.41) is 13.5. The van der Waals surface area contributed by atoms with Crippen LogP contribution in [0.25, 0.3) is 0 Å². The highest BCUT2D eigenvalue weighted by atomic mass is 35.5. The smallest absolute Gasteiger partial charge is 0.335 e. The largest absolute Gasteiger partial charge is 0.478 e. The van der Waals surface area contributed by atoms with E-state index in [0.717, 1.165) is 29.5 Å². The summed E-state index contributed by atoms with van der Waals surface area (Å²) in [7, 11) is 0. The van der Waals surface area contributed by atoms with E-state index in [1.54, 1.807) is 12.1 Å². The van der Waals surface area contributed by atoms with Crippen molar-refractivity contribution in [1.82, 2.24) is 0 Å². The number of carboxylic acids is 1. The minimum atomic E-state index is -0.950. The van der Waals surface area contributed by atoms with Gasteiger partial charge in [0, 0.05) is 11.3 Å². The van der Waals surface area contributed by atoms with Gasteiger partial charge in [-0.3, -0.25) is 0 Å². The third-order valence-corrected chi connectivity index (χ3v) is 4.91. The number of rotatable bonds is 5. The van der Waals surface area contributed by atoms with E-state index in [-0.39, 0.29) is 5.56 Å². The van der Waals surface area contributed by atoms with Gasteiger partial charge in [-0.25, -0.2) is 4.79 Å². The first-order valence-corrected chi connectivity index (χ1v) is 7.93. The fourth-order valence-corrected chi connectivity index (χ4v) is 3.82. The van der Waals surface area contributed by atoms with Gasteiger partial charge in [-0.05, 0) is 43.2 Å². The van der Waals surface area contributed by atoms with Crippen molar-refractivity contribution in [2.75, 3.05) is 11.1 Å². The Morgan fingerprint density at radius 2 is 2.32 bits per heavy atom. The van der Waals surface area contributed by atoms with Crippen LogP contribution in [0.4, 0.5) is 5.69 Å². The summed E-state index contributed by atoms with van der Waals surface area (Å²) in [6.45, 7) is 2.19. The summed E-state index contributed by atoms with van der Waals surface area (Å²) >= 11 is 8.13. The maximum Gasteiger partial charge on any atom is 0.335 e. The molecule has 2 unspecified atom stereocenters. The first kappa shape index (κ1) is 14.5. The standard InChI is InChI=1S/C14H18ClNO2S/c1-2-19-11-5-4-10(8-11)16-13-6-3-9(14(17)18)7-12(13)15/h3,6-7,10-11,16H,2,4-5,8H2,1H3,(H,17,18). The number of hydrogen-bond donors (Lipinski definition) is 2. The average Bonchev–Trinajstić information content (AvgIpc) is 2.79. The second kappa shape index (κ2) is 6.53. The van der Waals surface area contributed by atoms with Crippen molar-refractivity contribution in [2.24, 2.45) is 0 Å². The summed E-state index contributed by atoms with van der Waals surface area (Å²) in [5.41, 5.74) is 1.06. The fourth-order valence-electron chi connectivity index (χ4n) is 2.44. The molecule has 0 amide bonds. The Morgan fingerprint density at radius 1 is 1.53 bits per heavy atom. The first-order chi connectivity index (χ1) is 9.10. The van der Waals surface area contributed by atoms with Gasteiger partial charge < -0.3 is 10.4 Å². The van der Waals surface area contributed by atoms with E-state index in [2.05, 4.69) is 12.2 Å². The number of hydrogen-bond acceptors (Lipinski definition) is 3. The van der Waals surface area contributed by atoms with Crippen LogP contribution in [0.3, 0.4) is 0 Å². The SMILES string of the molecule is CCSC1CCC(Nc2ccc(C(=O)O)cc2Cl)C1. The number of anilines is 1. The highest BCUT2D eigenvalue weighted by Crippen LogP contribution is 2.33. The molecule has 5 heteroatoms. The summed E-state index contributed by atoms with van der Waals surface area (Å²) in [5.74, 6) is 0.208. The number of carboxylic acid groups (broad SMARTS) is 1. The van der Waals surface area contributed by atoms with Crippen LogP contribution in [0, 0.1) is 0 Å². The second-order valence-corrected chi connectivity index (χ2v) is 6.72. The van der Waals surface area contributed by atoms with Gasteiger partial charge in [0.15, 0.2) is 0 Å². The number of carbonyl (C=O) groups is 1. The van der Waals surface area contributed by atoms with Crippen LogP contribution in [0.1, 0.15) is 36.5 Å². The molecule has 2 atom stereocenters. The molecular weight excluding hydrogens is 282 g/mol. The number of halogens is 1. The van der Waals surface area contributed by atoms with E-state index in [0.29, 0.717) is 11.1 Å². The first-order valence-electron chi connectivity index (χ1n) is 6.51. The van der Waals surface area contributed by atoms with E-state index in [1.807, 2.05) is 11.8 Å². The van der Waals surface area contributed by atoms with Gasteiger partial charge in [-0.15, -0.1) is 0 Å². The van der Waals surface area contributed by atoms with Gasteiger partial charge >= 0.3 is 5.97 Å². The van der Waals surface area contributed by atoms with Crippen molar-refractivity contribution in [2.45, 2.75) is 37.5 Å². The monoisotopic (exact) mass is 299 g/mol. The molecule has 19 heavy (non-hydrogen) atoms. The van der Waals surface area contributed by atoms with Crippen LogP contribution >= 0.6 is 23.4 Å². The van der Waals surface area contributed by atoms with Gasteiger partial charge in [0.1, 0.15) is 0 Å². The lowest BCUT2D eigenvalue weighted by atomic mass is 10.2. The molecule has 1 fully saturated rings. The Labute approximate surface area is 122 Å². The van der Waals surface area contributed by atoms with E-state index in [4.69, 9.17) is 16.7 Å². The molecule has 0 aliphatic heterocycles.